The van der Waals surface area contributed by atoms with Gasteiger partial charge in [-0.15, -0.1) is 0 Å². The first-order chi connectivity index (χ1) is 12.5. The van der Waals surface area contributed by atoms with Crippen LogP contribution in [0.25, 0.3) is 0 Å². The minimum absolute atomic E-state index is 0.0446. The molecule has 2 atom stereocenters. The molecule has 0 heterocycles. The molecule has 0 radical (unpaired) electrons. The summed E-state index contributed by atoms with van der Waals surface area (Å²) in [5.41, 5.74) is 16.0. The molecule has 0 aliphatic heterocycles. The highest BCUT2D eigenvalue weighted by atomic mass is 16.4. The number of nitrogens with two attached hydrogens (primary N) is 3. The van der Waals surface area contributed by atoms with Crippen molar-refractivity contribution in [2.75, 3.05) is 19.6 Å². The summed E-state index contributed by atoms with van der Waals surface area (Å²) in [5.74, 6) is -3.29. The summed E-state index contributed by atoms with van der Waals surface area (Å²) in [6.07, 6.45) is 0.831. The maximum Gasteiger partial charge on any atom is 0.326 e. The lowest BCUT2D eigenvalue weighted by atomic mass is 10.1. The molecule has 0 fully saturated rings. The normalized spacial score (nSPS) is 12.6. The van der Waals surface area contributed by atoms with Gasteiger partial charge >= 0.3 is 5.97 Å². The zero-order valence-electron chi connectivity index (χ0n) is 15.5. The third kappa shape index (κ3) is 11.4. The van der Waals surface area contributed by atoms with Crippen LogP contribution in [0, 0.1) is 5.92 Å². The Balaban J connectivity index is 4.11. The quantitative estimate of drug-likeness (QED) is 0.103. The van der Waals surface area contributed by atoms with Crippen LogP contribution in [0.5, 0.6) is 0 Å². The molecule has 0 aromatic carbocycles. The average molecular weight is 387 g/mol. The molecule has 3 amide bonds. The molecule has 0 aliphatic rings. The molecule has 12 nitrogen and oxygen atoms in total. The molecule has 0 aromatic rings. The Morgan fingerprint density at radius 2 is 1.63 bits per heavy atom. The van der Waals surface area contributed by atoms with Crippen molar-refractivity contribution in [2.24, 2.45) is 28.1 Å². The van der Waals surface area contributed by atoms with Crippen LogP contribution >= 0.6 is 0 Å². The van der Waals surface area contributed by atoms with Gasteiger partial charge in [0.05, 0.1) is 19.1 Å². The summed E-state index contributed by atoms with van der Waals surface area (Å²) >= 11 is 0. The van der Waals surface area contributed by atoms with Gasteiger partial charge in [-0.2, -0.15) is 0 Å². The van der Waals surface area contributed by atoms with Crippen LogP contribution in [-0.4, -0.2) is 66.5 Å². The second kappa shape index (κ2) is 12.5. The number of guanidine groups is 1. The number of hydrogen-bond donors (Lipinski definition) is 7. The second-order valence-electron chi connectivity index (χ2n) is 6.18. The number of carboxylic acids is 1. The maximum atomic E-state index is 11.8. The summed E-state index contributed by atoms with van der Waals surface area (Å²) in [5, 5.41) is 15.9. The number of carbonyl (C=O) groups excluding carboxylic acids is 3. The van der Waals surface area contributed by atoms with Gasteiger partial charge < -0.3 is 38.3 Å². The van der Waals surface area contributed by atoms with E-state index >= 15 is 0 Å². The van der Waals surface area contributed by atoms with Crippen molar-refractivity contribution in [2.45, 2.75) is 38.8 Å². The molecular formula is C15H29N7O5. The van der Waals surface area contributed by atoms with Crippen LogP contribution in [0.15, 0.2) is 4.99 Å². The van der Waals surface area contributed by atoms with Crippen molar-refractivity contribution in [3.05, 3.63) is 0 Å². The second-order valence-corrected chi connectivity index (χ2v) is 6.18. The lowest BCUT2D eigenvalue weighted by Gasteiger charge is -2.18. The predicted octanol–water partition coefficient (Wildman–Crippen LogP) is -3.17. The van der Waals surface area contributed by atoms with Gasteiger partial charge in [0.15, 0.2) is 5.96 Å². The highest BCUT2D eigenvalue weighted by molar-refractivity contribution is 5.90. The van der Waals surface area contributed by atoms with E-state index in [1.54, 1.807) is 13.8 Å². The lowest BCUT2D eigenvalue weighted by Crippen LogP contribution is -2.49. The van der Waals surface area contributed by atoms with Crippen molar-refractivity contribution >= 4 is 29.7 Å². The molecule has 10 N–H and O–H groups in total. The topological polar surface area (TPSA) is 215 Å². The van der Waals surface area contributed by atoms with Gasteiger partial charge in [0.2, 0.25) is 17.7 Å². The van der Waals surface area contributed by atoms with Crippen molar-refractivity contribution in [1.29, 1.82) is 0 Å². The van der Waals surface area contributed by atoms with E-state index < -0.39 is 42.3 Å². The number of rotatable bonds is 12. The molecule has 12 heteroatoms. The Morgan fingerprint density at radius 3 is 2.15 bits per heavy atom. The molecule has 0 aromatic heterocycles. The summed E-state index contributed by atoms with van der Waals surface area (Å²) in [4.78, 5) is 49.9. The molecule has 0 spiro atoms. The smallest absolute Gasteiger partial charge is 0.326 e. The van der Waals surface area contributed by atoms with E-state index in [0.29, 0.717) is 19.4 Å². The first-order valence-electron chi connectivity index (χ1n) is 8.42. The van der Waals surface area contributed by atoms with E-state index in [1.165, 1.54) is 0 Å². The number of nitrogens with one attached hydrogen (secondary N) is 3. The van der Waals surface area contributed by atoms with Crippen LogP contribution in [0.2, 0.25) is 0 Å². The zero-order chi connectivity index (χ0) is 21.0. The summed E-state index contributed by atoms with van der Waals surface area (Å²) in [6.45, 7) is 2.87. The van der Waals surface area contributed by atoms with E-state index in [9.17, 15) is 19.2 Å². The zero-order valence-corrected chi connectivity index (χ0v) is 15.5. The number of carboxylic acid groups (broad SMARTS) is 1. The Labute approximate surface area is 157 Å². The fourth-order valence-corrected chi connectivity index (χ4v) is 1.93. The minimum atomic E-state index is -1.16. The Bertz CT molecular complexity index is 561. The van der Waals surface area contributed by atoms with Crippen molar-refractivity contribution in [3.63, 3.8) is 0 Å². The molecule has 27 heavy (non-hydrogen) atoms. The third-order valence-corrected chi connectivity index (χ3v) is 3.42. The van der Waals surface area contributed by atoms with E-state index in [4.69, 9.17) is 22.3 Å². The van der Waals surface area contributed by atoms with Gasteiger partial charge in [0.1, 0.15) is 6.04 Å². The van der Waals surface area contributed by atoms with E-state index in [2.05, 4.69) is 20.9 Å². The van der Waals surface area contributed by atoms with E-state index in [0.717, 1.165) is 0 Å². The molecule has 0 saturated carbocycles. The number of carbonyl (C=O) groups is 4. The molecule has 2 unspecified atom stereocenters. The SMILES string of the molecule is CC(C)C(NC(=O)CNC(=O)CNC(=O)C(N)CCCN=C(N)N)C(=O)O. The van der Waals surface area contributed by atoms with Gasteiger partial charge in [-0.05, 0) is 18.8 Å². The monoisotopic (exact) mass is 387 g/mol. The van der Waals surface area contributed by atoms with Gasteiger partial charge in [-0.1, -0.05) is 13.8 Å². The minimum Gasteiger partial charge on any atom is -0.480 e. The first kappa shape index (κ1) is 24.1. The summed E-state index contributed by atoms with van der Waals surface area (Å²) < 4.78 is 0. The largest absolute Gasteiger partial charge is 0.480 e. The molecule has 0 bridgehead atoms. The molecule has 0 rings (SSSR count). The molecule has 0 saturated heterocycles. The van der Waals surface area contributed by atoms with E-state index in [-0.39, 0.29) is 18.4 Å². The number of nitrogens with zero attached hydrogens (tertiary/aromatic N) is 1. The highest BCUT2D eigenvalue weighted by Crippen LogP contribution is 2.01. The van der Waals surface area contributed by atoms with Crippen LogP contribution < -0.4 is 33.2 Å². The van der Waals surface area contributed by atoms with Crippen LogP contribution in [0.4, 0.5) is 0 Å². The Kier molecular flexibility index (Phi) is 11.1. The molecule has 154 valence electrons. The molecule has 0 aliphatic carbocycles. The average Bonchev–Trinajstić information content (AvgIpc) is 2.58. The van der Waals surface area contributed by atoms with E-state index in [1.807, 2.05) is 0 Å². The Hall–Kier alpha value is -2.89. The standard InChI is InChI=1S/C15H29N7O5/c1-8(2)12(14(26)27)22-11(24)7-20-10(23)6-21-13(25)9(16)4-3-5-19-15(17)18/h8-9,12H,3-7,16H2,1-2H3,(H,20,23)(H,21,25)(H,22,24)(H,26,27)(H4,17,18,19). The van der Waals surface area contributed by atoms with Gasteiger partial charge in [0.25, 0.3) is 0 Å². The van der Waals surface area contributed by atoms with Crippen molar-refractivity contribution < 1.29 is 24.3 Å². The van der Waals surface area contributed by atoms with Crippen LogP contribution in [0.1, 0.15) is 26.7 Å². The fraction of sp³-hybridized carbons (Fsp3) is 0.667. The summed E-state index contributed by atoms with van der Waals surface area (Å²) in [7, 11) is 0. The van der Waals surface area contributed by atoms with Gasteiger partial charge in [-0.3, -0.25) is 19.4 Å². The van der Waals surface area contributed by atoms with Gasteiger partial charge in [-0.25, -0.2) is 4.79 Å². The number of aliphatic imine (C=N–C) groups is 1. The first-order valence-corrected chi connectivity index (χ1v) is 8.42. The van der Waals surface area contributed by atoms with Crippen molar-refractivity contribution in [3.8, 4) is 0 Å². The predicted molar refractivity (Wildman–Crippen MR) is 98.3 cm³/mol. The number of hydrogen-bond acceptors (Lipinski definition) is 6. The highest BCUT2D eigenvalue weighted by Gasteiger charge is 2.23. The van der Waals surface area contributed by atoms with Crippen molar-refractivity contribution in [1.82, 2.24) is 16.0 Å². The number of aliphatic carboxylic acids is 1. The lowest BCUT2D eigenvalue weighted by molar-refractivity contribution is -0.143. The maximum absolute atomic E-state index is 11.8. The number of amides is 3. The third-order valence-electron chi connectivity index (χ3n) is 3.42. The van der Waals surface area contributed by atoms with Crippen LogP contribution in [0.3, 0.4) is 0 Å². The fourth-order valence-electron chi connectivity index (χ4n) is 1.93. The Morgan fingerprint density at radius 1 is 1.04 bits per heavy atom. The van der Waals surface area contributed by atoms with Gasteiger partial charge in [0, 0.05) is 6.54 Å². The molecular weight excluding hydrogens is 358 g/mol. The summed E-state index contributed by atoms with van der Waals surface area (Å²) in [6, 6.07) is -1.87. The van der Waals surface area contributed by atoms with Crippen LogP contribution in [-0.2, 0) is 19.2 Å².